The molecule has 118 valence electrons. The van der Waals surface area contributed by atoms with Crippen LogP contribution in [0.15, 0.2) is 52.1 Å². The van der Waals surface area contributed by atoms with Crippen LogP contribution in [0.5, 0.6) is 5.75 Å². The van der Waals surface area contributed by atoms with Crippen LogP contribution < -0.4 is 10.1 Å². The van der Waals surface area contributed by atoms with Gasteiger partial charge in [-0.05, 0) is 36.4 Å². The van der Waals surface area contributed by atoms with Gasteiger partial charge < -0.3 is 14.5 Å². The molecule has 0 saturated heterocycles. The first-order chi connectivity index (χ1) is 11.3. The van der Waals surface area contributed by atoms with E-state index in [4.69, 9.17) is 9.15 Å². The molecule has 0 aliphatic carbocycles. The van der Waals surface area contributed by atoms with Crippen molar-refractivity contribution in [3.8, 4) is 17.2 Å². The fourth-order valence-corrected chi connectivity index (χ4v) is 2.22. The van der Waals surface area contributed by atoms with E-state index in [0.717, 1.165) is 16.8 Å². The van der Waals surface area contributed by atoms with Crippen LogP contribution in [0.4, 0.5) is 5.69 Å². The Morgan fingerprint density at radius 2 is 2.04 bits per heavy atom. The summed E-state index contributed by atoms with van der Waals surface area (Å²) in [5.74, 6) is 1.28. The summed E-state index contributed by atoms with van der Waals surface area (Å²) < 4.78 is 11.4. The van der Waals surface area contributed by atoms with Gasteiger partial charge in [0.25, 0.3) is 0 Å². The highest BCUT2D eigenvalue weighted by Crippen LogP contribution is 2.27. The van der Waals surface area contributed by atoms with E-state index in [1.807, 2.05) is 49.5 Å². The van der Waals surface area contributed by atoms with Gasteiger partial charge >= 0.3 is 0 Å². The molecule has 0 fully saturated rings. The van der Waals surface area contributed by atoms with E-state index in [-0.39, 0.29) is 6.54 Å². The molecule has 2 aromatic carbocycles. The van der Waals surface area contributed by atoms with E-state index in [0.29, 0.717) is 30.3 Å². The zero-order chi connectivity index (χ0) is 16.1. The second kappa shape index (κ2) is 6.91. The van der Waals surface area contributed by atoms with Crippen molar-refractivity contribution >= 4 is 16.8 Å². The van der Waals surface area contributed by atoms with Gasteiger partial charge in [0.2, 0.25) is 5.89 Å². The number of nitroso groups, excluding NO2 is 1. The van der Waals surface area contributed by atoms with Crippen molar-refractivity contribution < 1.29 is 9.15 Å². The Morgan fingerprint density at radius 1 is 1.22 bits per heavy atom. The number of hydrogen-bond donors (Lipinski definition) is 1. The Kier molecular flexibility index (Phi) is 4.52. The minimum Gasteiger partial charge on any atom is -0.493 e. The molecule has 1 heterocycles. The minimum absolute atomic E-state index is 0.263. The Bertz CT molecular complexity index is 796. The van der Waals surface area contributed by atoms with Crippen molar-refractivity contribution in [3.05, 3.63) is 47.4 Å². The number of rotatable bonds is 7. The van der Waals surface area contributed by atoms with Crippen molar-refractivity contribution in [3.63, 3.8) is 0 Å². The third-order valence-corrected chi connectivity index (χ3v) is 3.44. The Hall–Kier alpha value is -2.89. The average molecular weight is 311 g/mol. The zero-order valence-electron chi connectivity index (χ0n) is 12.8. The first-order valence-corrected chi connectivity index (χ1v) is 7.41. The van der Waals surface area contributed by atoms with Crippen LogP contribution in [-0.4, -0.2) is 25.2 Å². The molecule has 0 aliphatic heterocycles. The molecular weight excluding hydrogens is 294 g/mol. The fraction of sp³-hybridized carbons (Fsp3) is 0.235. The van der Waals surface area contributed by atoms with Crippen molar-refractivity contribution in [1.82, 2.24) is 4.98 Å². The second-order valence-corrected chi connectivity index (χ2v) is 5.03. The lowest BCUT2D eigenvalue weighted by Crippen LogP contribution is -1.98. The largest absolute Gasteiger partial charge is 0.493 e. The maximum Gasteiger partial charge on any atom is 0.227 e. The van der Waals surface area contributed by atoms with Gasteiger partial charge in [-0.2, -0.15) is 4.91 Å². The number of aromatic nitrogens is 1. The van der Waals surface area contributed by atoms with Crippen LogP contribution in [0, 0.1) is 4.91 Å². The van der Waals surface area contributed by atoms with Crippen LogP contribution in [0.1, 0.15) is 6.42 Å². The predicted molar refractivity (Wildman–Crippen MR) is 89.8 cm³/mol. The first kappa shape index (κ1) is 15.0. The van der Waals surface area contributed by atoms with Crippen LogP contribution in [0.3, 0.4) is 0 Å². The van der Waals surface area contributed by atoms with Crippen molar-refractivity contribution in [2.24, 2.45) is 5.18 Å². The number of fused-ring (bicyclic) bond motifs is 1. The fourth-order valence-electron chi connectivity index (χ4n) is 2.22. The van der Waals surface area contributed by atoms with Gasteiger partial charge in [0.1, 0.15) is 11.3 Å². The molecule has 0 unspecified atom stereocenters. The Balaban J connectivity index is 1.79. The number of ether oxygens (including phenoxy) is 1. The zero-order valence-corrected chi connectivity index (χ0v) is 12.8. The van der Waals surface area contributed by atoms with Gasteiger partial charge in [-0.25, -0.2) is 4.98 Å². The van der Waals surface area contributed by atoms with Gasteiger partial charge in [0.05, 0.1) is 13.2 Å². The van der Waals surface area contributed by atoms with E-state index in [9.17, 15) is 4.91 Å². The maximum atomic E-state index is 10.0. The lowest BCUT2D eigenvalue weighted by atomic mass is 10.2. The molecular formula is C17H17N3O3. The molecule has 0 aliphatic rings. The first-order valence-electron chi connectivity index (χ1n) is 7.41. The summed E-state index contributed by atoms with van der Waals surface area (Å²) >= 11 is 0. The number of benzene rings is 2. The molecule has 1 N–H and O–H groups in total. The lowest BCUT2D eigenvalue weighted by Gasteiger charge is -2.03. The number of anilines is 1. The molecule has 0 spiro atoms. The number of oxazole rings is 1. The highest BCUT2D eigenvalue weighted by Gasteiger charge is 2.09. The summed E-state index contributed by atoms with van der Waals surface area (Å²) in [6.07, 6.45) is 0.601. The van der Waals surface area contributed by atoms with Gasteiger partial charge in [0, 0.05) is 30.8 Å². The Labute approximate surface area is 133 Å². The van der Waals surface area contributed by atoms with Crippen molar-refractivity contribution in [2.75, 3.05) is 25.5 Å². The molecule has 3 rings (SSSR count). The second-order valence-electron chi connectivity index (χ2n) is 5.03. The summed E-state index contributed by atoms with van der Waals surface area (Å²) in [5, 5.41) is 5.88. The van der Waals surface area contributed by atoms with Gasteiger partial charge in [0.15, 0.2) is 5.58 Å². The summed E-state index contributed by atoms with van der Waals surface area (Å²) in [7, 11) is 1.88. The topological polar surface area (TPSA) is 76.7 Å². The van der Waals surface area contributed by atoms with E-state index in [1.54, 1.807) is 0 Å². The monoisotopic (exact) mass is 311 g/mol. The number of nitrogens with zero attached hydrogens (tertiary/aromatic N) is 2. The van der Waals surface area contributed by atoms with E-state index < -0.39 is 0 Å². The number of nitrogens with one attached hydrogen (secondary N) is 1. The molecule has 0 atom stereocenters. The predicted octanol–water partition coefficient (Wildman–Crippen LogP) is 4.07. The summed E-state index contributed by atoms with van der Waals surface area (Å²) in [4.78, 5) is 14.5. The molecule has 6 heteroatoms. The highest BCUT2D eigenvalue weighted by atomic mass is 16.5. The summed E-state index contributed by atoms with van der Waals surface area (Å²) in [6.45, 7) is 0.715. The summed E-state index contributed by atoms with van der Waals surface area (Å²) in [5.41, 5.74) is 3.40. The van der Waals surface area contributed by atoms with Crippen molar-refractivity contribution in [2.45, 2.75) is 6.42 Å². The van der Waals surface area contributed by atoms with Crippen molar-refractivity contribution in [1.29, 1.82) is 0 Å². The molecule has 0 amide bonds. The van der Waals surface area contributed by atoms with Crippen LogP contribution in [-0.2, 0) is 0 Å². The standard InChI is InChI=1S/C17H17N3O3/c1-18-13-5-3-12(4-6-13)17-20-15-11-14(7-8-16(15)23-17)22-10-2-9-19-21/h3-8,11,18H,2,9-10H2,1H3. The number of hydrogen-bond acceptors (Lipinski definition) is 6. The molecule has 1 aromatic heterocycles. The maximum absolute atomic E-state index is 10.0. The lowest BCUT2D eigenvalue weighted by molar-refractivity contribution is 0.314. The van der Waals surface area contributed by atoms with Crippen LogP contribution >= 0.6 is 0 Å². The van der Waals surface area contributed by atoms with Gasteiger partial charge in [-0.1, -0.05) is 5.18 Å². The molecule has 3 aromatic rings. The minimum atomic E-state index is 0.263. The van der Waals surface area contributed by atoms with Crippen LogP contribution in [0.25, 0.3) is 22.6 Å². The molecule has 0 radical (unpaired) electrons. The molecule has 23 heavy (non-hydrogen) atoms. The van der Waals surface area contributed by atoms with E-state index >= 15 is 0 Å². The quantitative estimate of drug-likeness (QED) is 0.525. The third kappa shape index (κ3) is 3.48. The molecule has 6 nitrogen and oxygen atoms in total. The molecule has 0 saturated carbocycles. The van der Waals surface area contributed by atoms with Crippen LogP contribution in [0.2, 0.25) is 0 Å². The van der Waals surface area contributed by atoms with Gasteiger partial charge in [-0.3, -0.25) is 0 Å². The normalized spacial score (nSPS) is 10.7. The Morgan fingerprint density at radius 3 is 2.78 bits per heavy atom. The van der Waals surface area contributed by atoms with E-state index in [2.05, 4.69) is 15.5 Å². The summed E-state index contributed by atoms with van der Waals surface area (Å²) in [6, 6.07) is 13.4. The smallest absolute Gasteiger partial charge is 0.227 e. The molecule has 0 bridgehead atoms. The highest BCUT2D eigenvalue weighted by molar-refractivity contribution is 5.78. The van der Waals surface area contributed by atoms with Gasteiger partial charge in [-0.15, -0.1) is 0 Å². The third-order valence-electron chi connectivity index (χ3n) is 3.44. The van der Waals surface area contributed by atoms with E-state index in [1.165, 1.54) is 0 Å². The average Bonchev–Trinajstić information content (AvgIpc) is 3.02. The SMILES string of the molecule is CNc1ccc(-c2nc3cc(OCCCN=O)ccc3o2)cc1.